The number of hydrogen-bond donors (Lipinski definition) is 2. The van der Waals surface area contributed by atoms with E-state index in [-0.39, 0.29) is 0 Å². The van der Waals surface area contributed by atoms with Crippen LogP contribution in [0.2, 0.25) is 0 Å². The first-order valence-corrected chi connectivity index (χ1v) is 4.01. The molecule has 2 N–H and O–H groups in total. The second-order valence-electron chi connectivity index (χ2n) is 2.54. The monoisotopic (exact) mass is 166 g/mol. The smallest absolute Gasteiger partial charge is 0.176 e. The fourth-order valence-electron chi connectivity index (χ4n) is 0.750. The summed E-state index contributed by atoms with van der Waals surface area (Å²) in [7, 11) is 0. The lowest BCUT2D eigenvalue weighted by Gasteiger charge is -2.02. The Bertz CT molecular complexity index is 204. The molecule has 0 fully saturated rings. The SMILES string of the molecule is C#CC(O)C#CCC(O)CCC. The predicted octanol–water partition coefficient (Wildman–Crippen LogP) is 0.535. The van der Waals surface area contributed by atoms with Crippen LogP contribution in [0.15, 0.2) is 0 Å². The Hall–Kier alpha value is -0.960. The Labute approximate surface area is 73.6 Å². The molecule has 12 heavy (non-hydrogen) atoms. The molecule has 0 radical (unpaired) electrons. The summed E-state index contributed by atoms with van der Waals surface area (Å²) < 4.78 is 0. The zero-order valence-electron chi connectivity index (χ0n) is 7.25. The molecule has 0 saturated heterocycles. The van der Waals surface area contributed by atoms with E-state index in [1.54, 1.807) is 0 Å². The average molecular weight is 166 g/mol. The minimum absolute atomic E-state index is 0.382. The van der Waals surface area contributed by atoms with Crippen LogP contribution >= 0.6 is 0 Å². The lowest BCUT2D eigenvalue weighted by atomic mass is 10.1. The number of terminal acetylenes is 1. The summed E-state index contributed by atoms with van der Waals surface area (Å²) in [5.74, 6) is 7.13. The van der Waals surface area contributed by atoms with Crippen molar-refractivity contribution in [2.75, 3.05) is 0 Å². The second-order valence-corrected chi connectivity index (χ2v) is 2.54. The molecule has 0 bridgehead atoms. The molecular weight excluding hydrogens is 152 g/mol. The quantitative estimate of drug-likeness (QED) is 0.601. The van der Waals surface area contributed by atoms with Crippen LogP contribution in [-0.2, 0) is 0 Å². The number of rotatable bonds is 3. The minimum Gasteiger partial charge on any atom is -0.392 e. The van der Waals surface area contributed by atoms with Gasteiger partial charge in [0.2, 0.25) is 0 Å². The summed E-state index contributed by atoms with van der Waals surface area (Å²) in [5.41, 5.74) is 0. The number of hydrogen-bond acceptors (Lipinski definition) is 2. The highest BCUT2D eigenvalue weighted by atomic mass is 16.3. The third-order valence-electron chi connectivity index (χ3n) is 1.36. The zero-order valence-corrected chi connectivity index (χ0v) is 7.25. The molecule has 0 aromatic heterocycles. The molecule has 2 nitrogen and oxygen atoms in total. The summed E-state index contributed by atoms with van der Waals surface area (Å²) >= 11 is 0. The molecule has 2 heteroatoms. The van der Waals surface area contributed by atoms with Crippen molar-refractivity contribution in [1.29, 1.82) is 0 Å². The third kappa shape index (κ3) is 5.80. The van der Waals surface area contributed by atoms with Crippen LogP contribution in [0.25, 0.3) is 0 Å². The Kier molecular flexibility index (Phi) is 6.19. The Morgan fingerprint density at radius 3 is 2.58 bits per heavy atom. The molecule has 66 valence electrons. The van der Waals surface area contributed by atoms with E-state index in [9.17, 15) is 5.11 Å². The van der Waals surface area contributed by atoms with Gasteiger partial charge in [-0.3, -0.25) is 0 Å². The van der Waals surface area contributed by atoms with E-state index in [4.69, 9.17) is 11.5 Å². The minimum atomic E-state index is -1.00. The molecule has 2 unspecified atom stereocenters. The van der Waals surface area contributed by atoms with Crippen molar-refractivity contribution in [3.05, 3.63) is 0 Å². The van der Waals surface area contributed by atoms with E-state index >= 15 is 0 Å². The van der Waals surface area contributed by atoms with E-state index in [1.807, 2.05) is 6.92 Å². The van der Waals surface area contributed by atoms with Crippen molar-refractivity contribution in [2.45, 2.75) is 38.4 Å². The molecule has 0 amide bonds. The van der Waals surface area contributed by atoms with Gasteiger partial charge in [-0.1, -0.05) is 31.1 Å². The predicted molar refractivity (Wildman–Crippen MR) is 48.1 cm³/mol. The molecule has 2 atom stereocenters. The molecule has 0 heterocycles. The molecule has 0 aromatic carbocycles. The number of aliphatic hydroxyl groups is 2. The van der Waals surface area contributed by atoms with Crippen molar-refractivity contribution in [3.8, 4) is 24.2 Å². The van der Waals surface area contributed by atoms with Crippen LogP contribution in [0.5, 0.6) is 0 Å². The first kappa shape index (κ1) is 11.0. The summed E-state index contributed by atoms with van der Waals surface area (Å²) in [4.78, 5) is 0. The molecule has 0 aliphatic carbocycles. The molecule has 0 saturated carbocycles. The van der Waals surface area contributed by atoms with Crippen LogP contribution < -0.4 is 0 Å². The van der Waals surface area contributed by atoms with Gasteiger partial charge in [-0.2, -0.15) is 0 Å². The van der Waals surface area contributed by atoms with Crippen LogP contribution in [-0.4, -0.2) is 22.4 Å². The Balaban J connectivity index is 3.64. The summed E-state index contributed by atoms with van der Waals surface area (Å²) in [6.45, 7) is 1.99. The van der Waals surface area contributed by atoms with Gasteiger partial charge in [0.1, 0.15) is 0 Å². The van der Waals surface area contributed by atoms with E-state index in [0.717, 1.165) is 12.8 Å². The van der Waals surface area contributed by atoms with E-state index in [2.05, 4.69) is 17.8 Å². The maximum atomic E-state index is 9.20. The van der Waals surface area contributed by atoms with Gasteiger partial charge >= 0.3 is 0 Å². The van der Waals surface area contributed by atoms with Crippen LogP contribution in [0, 0.1) is 24.2 Å². The van der Waals surface area contributed by atoms with Crippen LogP contribution in [0.1, 0.15) is 26.2 Å². The van der Waals surface area contributed by atoms with Crippen LogP contribution in [0.4, 0.5) is 0 Å². The van der Waals surface area contributed by atoms with Crippen molar-refractivity contribution >= 4 is 0 Å². The van der Waals surface area contributed by atoms with E-state index < -0.39 is 12.2 Å². The molecule has 0 aromatic rings. The van der Waals surface area contributed by atoms with Crippen molar-refractivity contribution in [1.82, 2.24) is 0 Å². The van der Waals surface area contributed by atoms with Gasteiger partial charge in [-0.25, -0.2) is 0 Å². The topological polar surface area (TPSA) is 40.5 Å². The van der Waals surface area contributed by atoms with Crippen molar-refractivity contribution in [2.24, 2.45) is 0 Å². The Morgan fingerprint density at radius 1 is 1.42 bits per heavy atom. The fourth-order valence-corrected chi connectivity index (χ4v) is 0.750. The largest absolute Gasteiger partial charge is 0.392 e. The molecule has 0 spiro atoms. The lowest BCUT2D eigenvalue weighted by Crippen LogP contribution is -2.04. The summed E-state index contributed by atoms with van der Waals surface area (Å²) in [6, 6.07) is 0. The molecule has 0 rings (SSSR count). The van der Waals surface area contributed by atoms with Gasteiger partial charge in [0.15, 0.2) is 6.10 Å². The maximum Gasteiger partial charge on any atom is 0.176 e. The van der Waals surface area contributed by atoms with Crippen molar-refractivity contribution < 1.29 is 10.2 Å². The first-order chi connectivity index (χ1) is 5.70. The van der Waals surface area contributed by atoms with Gasteiger partial charge in [-0.05, 0) is 6.42 Å². The van der Waals surface area contributed by atoms with Crippen LogP contribution in [0.3, 0.4) is 0 Å². The van der Waals surface area contributed by atoms with Crippen molar-refractivity contribution in [3.63, 3.8) is 0 Å². The van der Waals surface area contributed by atoms with E-state index in [1.165, 1.54) is 0 Å². The highest BCUT2D eigenvalue weighted by molar-refractivity contribution is 5.16. The van der Waals surface area contributed by atoms with Gasteiger partial charge in [0.05, 0.1) is 6.10 Å². The maximum absolute atomic E-state index is 9.20. The molecule has 0 aliphatic heterocycles. The fraction of sp³-hybridized carbons (Fsp3) is 0.600. The van der Waals surface area contributed by atoms with Gasteiger partial charge in [0, 0.05) is 6.42 Å². The summed E-state index contributed by atoms with van der Waals surface area (Å²) in [5, 5.41) is 18.0. The Morgan fingerprint density at radius 2 is 2.08 bits per heavy atom. The van der Waals surface area contributed by atoms with Gasteiger partial charge in [-0.15, -0.1) is 6.42 Å². The summed E-state index contributed by atoms with van der Waals surface area (Å²) in [6.07, 6.45) is 5.54. The zero-order chi connectivity index (χ0) is 9.40. The van der Waals surface area contributed by atoms with Gasteiger partial charge < -0.3 is 10.2 Å². The average Bonchev–Trinajstić information content (AvgIpc) is 2.04. The highest BCUT2D eigenvalue weighted by Crippen LogP contribution is 1.99. The lowest BCUT2D eigenvalue weighted by molar-refractivity contribution is 0.169. The normalized spacial score (nSPS) is 13.8. The number of aliphatic hydroxyl groups excluding tert-OH is 2. The second kappa shape index (κ2) is 6.73. The standard InChI is InChI=1S/C10H14O2/c1-3-6-10(12)8-5-7-9(11)4-2/h2,9-12H,3,6,8H2,1H3. The van der Waals surface area contributed by atoms with Gasteiger partial charge in [0.25, 0.3) is 0 Å². The third-order valence-corrected chi connectivity index (χ3v) is 1.36. The molecule has 0 aliphatic rings. The van der Waals surface area contributed by atoms with E-state index in [0.29, 0.717) is 6.42 Å². The highest BCUT2D eigenvalue weighted by Gasteiger charge is 1.98. The molecular formula is C10H14O2. The first-order valence-electron chi connectivity index (χ1n) is 4.01.